The zero-order valence-corrected chi connectivity index (χ0v) is 30.5. The van der Waals surface area contributed by atoms with Crippen molar-refractivity contribution in [3.8, 4) is 23.0 Å². The van der Waals surface area contributed by atoms with Crippen molar-refractivity contribution < 1.29 is 19.1 Å². The van der Waals surface area contributed by atoms with Crippen LogP contribution in [-0.4, -0.2) is 11.6 Å². The van der Waals surface area contributed by atoms with E-state index in [0.29, 0.717) is 11.5 Å². The van der Waals surface area contributed by atoms with Crippen LogP contribution in [0.5, 0.6) is 23.0 Å². The van der Waals surface area contributed by atoms with E-state index < -0.39 is 11.6 Å². The predicted molar refractivity (Wildman–Crippen MR) is 215 cm³/mol. The van der Waals surface area contributed by atoms with E-state index in [1.165, 1.54) is 63.5 Å². The Hall–Kier alpha value is -5.50. The maximum absolute atomic E-state index is 14.1. The van der Waals surface area contributed by atoms with E-state index in [1.54, 1.807) is 12.1 Å². The highest BCUT2D eigenvalue weighted by molar-refractivity contribution is 6.35. The third-order valence-corrected chi connectivity index (χ3v) is 9.37. The van der Waals surface area contributed by atoms with Gasteiger partial charge in [0.05, 0.1) is 33.6 Å². The summed E-state index contributed by atoms with van der Waals surface area (Å²) >= 11 is 0. The molecule has 0 bridgehead atoms. The molecule has 0 aromatic heterocycles. The second kappa shape index (κ2) is 18.1. The normalized spacial score (nSPS) is 12.4. The van der Waals surface area contributed by atoms with Gasteiger partial charge in [0.15, 0.2) is 23.1 Å². The number of fused-ring (bicyclic) bond motifs is 2. The van der Waals surface area contributed by atoms with Gasteiger partial charge in [0, 0.05) is 23.5 Å². The van der Waals surface area contributed by atoms with Gasteiger partial charge < -0.3 is 32.4 Å². The standard InChI is InChI=1S/C44H52N4O4/c1-3-5-7-9-11-13-15-19-29-21-17-23-31(25-29)51-35-27-33(45)37-39(41(35)47)43(49)38-34(46)28-36(42(48)40(38)44(37)50)52-32-24-18-22-30(26-32)20-16-14-12-10-8-6-4-2/h15-28H,3-14,45-48H2,1-2H3/b19-15+,20-16+. The largest absolute Gasteiger partial charge is 0.455 e. The van der Waals surface area contributed by atoms with Crippen LogP contribution in [0.15, 0.2) is 72.8 Å². The van der Waals surface area contributed by atoms with Gasteiger partial charge in [-0.3, -0.25) is 9.59 Å². The molecule has 0 amide bonds. The van der Waals surface area contributed by atoms with E-state index >= 15 is 0 Å². The van der Waals surface area contributed by atoms with Crippen LogP contribution in [0.1, 0.15) is 134 Å². The molecule has 0 radical (unpaired) electrons. The number of nitrogen functional groups attached to an aromatic ring is 4. The first-order valence-electron chi connectivity index (χ1n) is 18.7. The summed E-state index contributed by atoms with van der Waals surface area (Å²) in [5.74, 6) is 0.224. The van der Waals surface area contributed by atoms with Gasteiger partial charge in [0.25, 0.3) is 0 Å². The van der Waals surface area contributed by atoms with Crippen molar-refractivity contribution in [2.24, 2.45) is 0 Å². The molecule has 1 aliphatic carbocycles. The highest BCUT2D eigenvalue weighted by Gasteiger charge is 2.38. The van der Waals surface area contributed by atoms with Crippen molar-refractivity contribution in [2.75, 3.05) is 22.9 Å². The van der Waals surface area contributed by atoms with E-state index in [1.807, 2.05) is 36.4 Å². The molecular weight excluding hydrogens is 649 g/mol. The van der Waals surface area contributed by atoms with Crippen molar-refractivity contribution in [2.45, 2.75) is 90.9 Å². The summed E-state index contributed by atoms with van der Waals surface area (Å²) in [5.41, 5.74) is 27.8. The second-order valence-corrected chi connectivity index (χ2v) is 13.5. The summed E-state index contributed by atoms with van der Waals surface area (Å²) in [6, 6.07) is 18.0. The average molecular weight is 701 g/mol. The molecule has 52 heavy (non-hydrogen) atoms. The lowest BCUT2D eigenvalue weighted by molar-refractivity contribution is 0.0981. The maximum Gasteiger partial charge on any atom is 0.198 e. The van der Waals surface area contributed by atoms with Crippen LogP contribution in [0, 0.1) is 0 Å². The van der Waals surface area contributed by atoms with E-state index in [4.69, 9.17) is 32.4 Å². The highest BCUT2D eigenvalue weighted by atomic mass is 16.5. The second-order valence-electron chi connectivity index (χ2n) is 13.5. The van der Waals surface area contributed by atoms with Crippen molar-refractivity contribution in [3.63, 3.8) is 0 Å². The Labute approximate surface area is 307 Å². The number of hydrogen-bond acceptors (Lipinski definition) is 8. The van der Waals surface area contributed by atoms with Crippen LogP contribution in [0.25, 0.3) is 12.2 Å². The number of ketones is 2. The smallest absolute Gasteiger partial charge is 0.198 e. The SMILES string of the molecule is CCCCCCC/C=C/c1cccc(Oc2cc(N)c3c(c2N)C(=O)c2c(N)cc(Oc4cccc(/C=C/CCCCCCC)c4)c(N)c2C3=O)c1. The Bertz CT molecular complexity index is 1820. The number of hydrogen-bond donors (Lipinski definition) is 4. The highest BCUT2D eigenvalue weighted by Crippen LogP contribution is 2.46. The molecule has 0 heterocycles. The van der Waals surface area contributed by atoms with E-state index in [2.05, 4.69) is 38.2 Å². The van der Waals surface area contributed by atoms with Gasteiger partial charge in [-0.05, 0) is 61.1 Å². The minimum atomic E-state index is -0.563. The monoisotopic (exact) mass is 700 g/mol. The zero-order valence-electron chi connectivity index (χ0n) is 30.5. The third-order valence-electron chi connectivity index (χ3n) is 9.37. The van der Waals surface area contributed by atoms with Gasteiger partial charge in [-0.2, -0.15) is 0 Å². The fraction of sp³-hybridized carbons (Fsp3) is 0.318. The minimum Gasteiger partial charge on any atom is -0.455 e. The van der Waals surface area contributed by atoms with Crippen LogP contribution in [0.3, 0.4) is 0 Å². The molecule has 0 fully saturated rings. The predicted octanol–water partition coefficient (Wildman–Crippen LogP) is 11.1. The number of carbonyl (C=O) groups excluding carboxylic acids is 2. The summed E-state index contributed by atoms with van der Waals surface area (Å²) in [4.78, 5) is 28.1. The Kier molecular flexibility index (Phi) is 13.2. The fourth-order valence-corrected chi connectivity index (χ4v) is 6.55. The van der Waals surface area contributed by atoms with Crippen LogP contribution < -0.4 is 32.4 Å². The number of benzene rings is 4. The molecule has 0 unspecified atom stereocenters. The molecule has 8 N–H and O–H groups in total. The molecule has 0 spiro atoms. The summed E-state index contributed by atoms with van der Waals surface area (Å²) in [5, 5.41) is 0. The molecule has 5 rings (SSSR count). The Morgan fingerprint density at radius 2 is 0.923 bits per heavy atom. The summed E-state index contributed by atoms with van der Waals surface area (Å²) in [7, 11) is 0. The van der Waals surface area contributed by atoms with Crippen LogP contribution in [0.4, 0.5) is 22.7 Å². The Morgan fingerprint density at radius 1 is 0.519 bits per heavy atom. The number of rotatable bonds is 18. The number of carbonyl (C=O) groups is 2. The van der Waals surface area contributed by atoms with Crippen LogP contribution in [-0.2, 0) is 0 Å². The van der Waals surface area contributed by atoms with Gasteiger partial charge in [0.1, 0.15) is 11.5 Å². The lowest BCUT2D eigenvalue weighted by atomic mass is 9.80. The van der Waals surface area contributed by atoms with Crippen molar-refractivity contribution in [3.05, 3.63) is 106 Å². The Morgan fingerprint density at radius 3 is 1.33 bits per heavy atom. The number of allylic oxidation sites excluding steroid dienone is 2. The van der Waals surface area contributed by atoms with Gasteiger partial charge in [-0.25, -0.2) is 0 Å². The van der Waals surface area contributed by atoms with Gasteiger partial charge in [-0.1, -0.05) is 114 Å². The average Bonchev–Trinajstić information content (AvgIpc) is 3.13. The molecule has 0 saturated carbocycles. The summed E-state index contributed by atoms with van der Waals surface area (Å²) in [6.45, 7) is 4.43. The first kappa shape index (κ1) is 37.7. The molecule has 4 aromatic rings. The van der Waals surface area contributed by atoms with E-state index in [9.17, 15) is 9.59 Å². The molecule has 0 atom stereocenters. The zero-order chi connectivity index (χ0) is 37.0. The van der Waals surface area contributed by atoms with Gasteiger partial charge in [0.2, 0.25) is 0 Å². The number of ether oxygens (including phenoxy) is 2. The fourth-order valence-electron chi connectivity index (χ4n) is 6.55. The quantitative estimate of drug-likeness (QED) is 0.0519. The maximum atomic E-state index is 14.1. The van der Waals surface area contributed by atoms with Gasteiger partial charge in [-0.15, -0.1) is 0 Å². The van der Waals surface area contributed by atoms with Gasteiger partial charge >= 0.3 is 0 Å². The molecule has 8 nitrogen and oxygen atoms in total. The van der Waals surface area contributed by atoms with Crippen LogP contribution in [0.2, 0.25) is 0 Å². The topological polar surface area (TPSA) is 157 Å². The molecule has 0 aliphatic heterocycles. The molecule has 0 saturated heterocycles. The van der Waals surface area contributed by atoms with Crippen LogP contribution >= 0.6 is 0 Å². The first-order chi connectivity index (χ1) is 25.2. The molecular formula is C44H52N4O4. The summed E-state index contributed by atoms with van der Waals surface area (Å²) < 4.78 is 12.3. The van der Waals surface area contributed by atoms with Crippen molar-refractivity contribution in [1.82, 2.24) is 0 Å². The third kappa shape index (κ3) is 9.04. The number of unbranched alkanes of at least 4 members (excludes halogenated alkanes) is 10. The molecule has 4 aromatic carbocycles. The number of nitrogens with two attached hydrogens (primary N) is 4. The molecule has 272 valence electrons. The molecule has 8 heteroatoms. The van der Waals surface area contributed by atoms with E-state index in [0.717, 1.165) is 36.8 Å². The van der Waals surface area contributed by atoms with Crippen molar-refractivity contribution >= 4 is 46.5 Å². The Balaban J connectivity index is 1.34. The number of anilines is 4. The lowest BCUT2D eigenvalue weighted by Gasteiger charge is -2.25. The molecule has 1 aliphatic rings. The summed E-state index contributed by atoms with van der Waals surface area (Å²) in [6.07, 6.45) is 22.8. The lowest BCUT2D eigenvalue weighted by Crippen LogP contribution is -2.26. The minimum absolute atomic E-state index is 0.00893. The van der Waals surface area contributed by atoms with E-state index in [-0.39, 0.29) is 56.5 Å². The first-order valence-corrected chi connectivity index (χ1v) is 18.7. The van der Waals surface area contributed by atoms with Crippen molar-refractivity contribution in [1.29, 1.82) is 0 Å².